The van der Waals surface area contributed by atoms with Gasteiger partial charge < -0.3 is 25.2 Å². The number of anilines is 1. The number of benzene rings is 1. The first-order valence-corrected chi connectivity index (χ1v) is 6.27. The third-order valence-corrected chi connectivity index (χ3v) is 2.89. The van der Waals surface area contributed by atoms with Crippen LogP contribution in [0.2, 0.25) is 0 Å². The van der Waals surface area contributed by atoms with E-state index in [1.807, 2.05) is 23.1 Å². The summed E-state index contributed by atoms with van der Waals surface area (Å²) < 4.78 is 11.0. The molecule has 0 unspecified atom stereocenters. The summed E-state index contributed by atoms with van der Waals surface area (Å²) in [5.74, 6) is 0.599. The predicted molar refractivity (Wildman–Crippen MR) is 71.0 cm³/mol. The topological polar surface area (TPSA) is 85.0 Å². The molecule has 0 amide bonds. The number of rotatable bonds is 6. The fraction of sp³-hybridized carbons (Fsp3) is 0.462. The van der Waals surface area contributed by atoms with Crippen LogP contribution in [0.15, 0.2) is 18.2 Å². The number of hydrogen-bond donors (Lipinski definition) is 2. The summed E-state index contributed by atoms with van der Waals surface area (Å²) in [5, 5.41) is 8.77. The highest BCUT2D eigenvalue weighted by atomic mass is 16.6. The Kier molecular flexibility index (Phi) is 4.46. The Labute approximate surface area is 111 Å². The molecule has 6 heteroatoms. The van der Waals surface area contributed by atoms with Gasteiger partial charge in [-0.3, -0.25) is 4.79 Å². The van der Waals surface area contributed by atoms with Crippen LogP contribution in [-0.2, 0) is 4.79 Å². The van der Waals surface area contributed by atoms with Crippen LogP contribution < -0.4 is 20.1 Å². The molecule has 1 heterocycles. The number of ether oxygens (including phenoxy) is 2. The smallest absolute Gasteiger partial charge is 0.305 e. The maximum absolute atomic E-state index is 10.7. The molecule has 1 aliphatic heterocycles. The van der Waals surface area contributed by atoms with Crippen molar-refractivity contribution in [2.24, 2.45) is 5.73 Å². The fourth-order valence-corrected chi connectivity index (χ4v) is 1.99. The zero-order valence-electron chi connectivity index (χ0n) is 10.7. The average molecular weight is 266 g/mol. The molecule has 0 fully saturated rings. The molecule has 0 radical (unpaired) electrons. The zero-order valence-corrected chi connectivity index (χ0v) is 10.7. The number of aliphatic carboxylic acids is 1. The van der Waals surface area contributed by atoms with E-state index in [2.05, 4.69) is 0 Å². The monoisotopic (exact) mass is 266 g/mol. The maximum atomic E-state index is 10.7. The molecule has 19 heavy (non-hydrogen) atoms. The van der Waals surface area contributed by atoms with E-state index < -0.39 is 5.97 Å². The Morgan fingerprint density at radius 1 is 1.26 bits per heavy atom. The summed E-state index contributed by atoms with van der Waals surface area (Å²) >= 11 is 0. The van der Waals surface area contributed by atoms with Gasteiger partial charge in [0, 0.05) is 31.4 Å². The van der Waals surface area contributed by atoms with Crippen molar-refractivity contribution in [3.63, 3.8) is 0 Å². The lowest BCUT2D eigenvalue weighted by atomic mass is 10.2. The summed E-state index contributed by atoms with van der Waals surface area (Å²) in [6, 6.07) is 5.60. The van der Waals surface area contributed by atoms with E-state index in [0.29, 0.717) is 38.6 Å². The lowest BCUT2D eigenvalue weighted by Gasteiger charge is -2.26. The second-order valence-electron chi connectivity index (χ2n) is 4.25. The van der Waals surface area contributed by atoms with E-state index in [1.165, 1.54) is 0 Å². The van der Waals surface area contributed by atoms with Gasteiger partial charge in [0.15, 0.2) is 11.5 Å². The summed E-state index contributed by atoms with van der Waals surface area (Å²) in [5.41, 5.74) is 6.46. The Balaban J connectivity index is 2.13. The summed E-state index contributed by atoms with van der Waals surface area (Å²) in [4.78, 5) is 12.6. The molecule has 0 saturated carbocycles. The zero-order chi connectivity index (χ0) is 13.7. The second kappa shape index (κ2) is 6.29. The Morgan fingerprint density at radius 3 is 2.68 bits per heavy atom. The first-order valence-electron chi connectivity index (χ1n) is 6.27. The molecular weight excluding hydrogens is 248 g/mol. The van der Waals surface area contributed by atoms with E-state index in [0.717, 1.165) is 11.4 Å². The normalized spacial score (nSPS) is 13.1. The molecule has 0 atom stereocenters. The van der Waals surface area contributed by atoms with Crippen LogP contribution in [0.5, 0.6) is 11.5 Å². The molecule has 3 N–H and O–H groups in total. The number of nitrogens with two attached hydrogens (primary N) is 1. The van der Waals surface area contributed by atoms with Crippen molar-refractivity contribution in [2.45, 2.75) is 6.42 Å². The van der Waals surface area contributed by atoms with Gasteiger partial charge in [0.05, 0.1) is 6.42 Å². The Bertz CT molecular complexity index is 450. The lowest BCUT2D eigenvalue weighted by molar-refractivity contribution is -0.136. The highest BCUT2D eigenvalue weighted by Gasteiger charge is 2.15. The molecule has 1 aliphatic rings. The number of fused-ring (bicyclic) bond motifs is 1. The van der Waals surface area contributed by atoms with Crippen molar-refractivity contribution in [3.05, 3.63) is 18.2 Å². The molecule has 0 saturated heterocycles. The average Bonchev–Trinajstić information content (AvgIpc) is 2.42. The van der Waals surface area contributed by atoms with E-state index in [1.54, 1.807) is 0 Å². The predicted octanol–water partition coefficient (Wildman–Crippen LogP) is 0.698. The van der Waals surface area contributed by atoms with Gasteiger partial charge >= 0.3 is 5.97 Å². The van der Waals surface area contributed by atoms with Crippen molar-refractivity contribution in [2.75, 3.05) is 37.7 Å². The molecular formula is C13H18N2O4. The lowest BCUT2D eigenvalue weighted by Crippen LogP contribution is -2.31. The maximum Gasteiger partial charge on any atom is 0.305 e. The second-order valence-corrected chi connectivity index (χ2v) is 4.25. The van der Waals surface area contributed by atoms with Crippen LogP contribution in [-0.4, -0.2) is 43.9 Å². The van der Waals surface area contributed by atoms with Crippen molar-refractivity contribution in [1.82, 2.24) is 0 Å². The highest BCUT2D eigenvalue weighted by Crippen LogP contribution is 2.33. The molecule has 1 aromatic carbocycles. The van der Waals surface area contributed by atoms with Crippen LogP contribution in [0.4, 0.5) is 5.69 Å². The third-order valence-electron chi connectivity index (χ3n) is 2.89. The van der Waals surface area contributed by atoms with Gasteiger partial charge in [-0.1, -0.05) is 0 Å². The first-order chi connectivity index (χ1) is 9.20. The van der Waals surface area contributed by atoms with E-state index in [4.69, 9.17) is 20.3 Å². The fourth-order valence-electron chi connectivity index (χ4n) is 1.99. The molecule has 0 spiro atoms. The third kappa shape index (κ3) is 3.51. The van der Waals surface area contributed by atoms with E-state index >= 15 is 0 Å². The van der Waals surface area contributed by atoms with Gasteiger partial charge in [-0.2, -0.15) is 0 Å². The first kappa shape index (κ1) is 13.5. The van der Waals surface area contributed by atoms with Gasteiger partial charge in [-0.15, -0.1) is 0 Å². The molecule has 0 aromatic heterocycles. The number of carboxylic acids is 1. The van der Waals surface area contributed by atoms with Crippen molar-refractivity contribution < 1.29 is 19.4 Å². The van der Waals surface area contributed by atoms with Crippen LogP contribution in [0.3, 0.4) is 0 Å². The van der Waals surface area contributed by atoms with Gasteiger partial charge in [0.2, 0.25) is 0 Å². The molecule has 0 bridgehead atoms. The van der Waals surface area contributed by atoms with Gasteiger partial charge in [-0.05, 0) is 12.1 Å². The van der Waals surface area contributed by atoms with Crippen molar-refractivity contribution in [1.29, 1.82) is 0 Å². The van der Waals surface area contributed by atoms with Crippen molar-refractivity contribution >= 4 is 11.7 Å². The molecule has 104 valence electrons. The highest BCUT2D eigenvalue weighted by molar-refractivity contribution is 5.68. The SMILES string of the molecule is NCCN(CCC(=O)O)c1ccc2c(c1)OCCO2. The molecule has 0 aliphatic carbocycles. The Morgan fingerprint density at radius 2 is 2.00 bits per heavy atom. The summed E-state index contributed by atoms with van der Waals surface area (Å²) in [6.45, 7) is 2.58. The number of carboxylic acid groups (broad SMARTS) is 1. The Hall–Kier alpha value is -1.95. The van der Waals surface area contributed by atoms with E-state index in [-0.39, 0.29) is 6.42 Å². The quantitative estimate of drug-likeness (QED) is 0.788. The molecule has 2 rings (SSSR count). The van der Waals surface area contributed by atoms with Gasteiger partial charge in [0.25, 0.3) is 0 Å². The van der Waals surface area contributed by atoms with Crippen LogP contribution in [0.25, 0.3) is 0 Å². The minimum Gasteiger partial charge on any atom is -0.486 e. The van der Waals surface area contributed by atoms with Crippen LogP contribution >= 0.6 is 0 Å². The number of carbonyl (C=O) groups is 1. The minimum absolute atomic E-state index is 0.0778. The van der Waals surface area contributed by atoms with Crippen LogP contribution in [0.1, 0.15) is 6.42 Å². The standard InChI is InChI=1S/C13H18N2O4/c14-4-6-15(5-3-13(16)17)10-1-2-11-12(9-10)19-8-7-18-11/h1-2,9H,3-8,14H2,(H,16,17). The summed E-state index contributed by atoms with van der Waals surface area (Å²) in [6.07, 6.45) is 0.0778. The van der Waals surface area contributed by atoms with Gasteiger partial charge in [0.1, 0.15) is 13.2 Å². The summed E-state index contributed by atoms with van der Waals surface area (Å²) in [7, 11) is 0. The number of hydrogen-bond acceptors (Lipinski definition) is 5. The van der Waals surface area contributed by atoms with Crippen molar-refractivity contribution in [3.8, 4) is 11.5 Å². The molecule has 6 nitrogen and oxygen atoms in total. The minimum atomic E-state index is -0.820. The largest absolute Gasteiger partial charge is 0.486 e. The molecule has 1 aromatic rings. The van der Waals surface area contributed by atoms with Crippen LogP contribution in [0, 0.1) is 0 Å². The van der Waals surface area contributed by atoms with Gasteiger partial charge in [-0.25, -0.2) is 0 Å². The van der Waals surface area contributed by atoms with E-state index in [9.17, 15) is 4.79 Å². The number of nitrogens with zero attached hydrogens (tertiary/aromatic N) is 1.